The van der Waals surface area contributed by atoms with Crippen LogP contribution >= 0.6 is 0 Å². The predicted molar refractivity (Wildman–Crippen MR) is 62.3 cm³/mol. The van der Waals surface area contributed by atoms with E-state index in [1.54, 1.807) is 0 Å². The van der Waals surface area contributed by atoms with Gasteiger partial charge in [0.25, 0.3) is 0 Å². The minimum absolute atomic E-state index is 0.533. The third kappa shape index (κ3) is 2.19. The lowest BCUT2D eigenvalue weighted by molar-refractivity contribution is 0.438. The second kappa shape index (κ2) is 4.82. The maximum atomic E-state index is 5.61. The molecule has 1 unspecified atom stereocenters. The number of aromatic nitrogens is 2. The van der Waals surface area contributed by atoms with Crippen LogP contribution in [0.15, 0.2) is 4.42 Å². The molecule has 2 heterocycles. The van der Waals surface area contributed by atoms with Crippen LogP contribution in [0.4, 0.5) is 6.01 Å². The first-order valence-electron chi connectivity index (χ1n) is 6.01. The van der Waals surface area contributed by atoms with Gasteiger partial charge in [-0.15, -0.1) is 5.10 Å². The van der Waals surface area contributed by atoms with E-state index in [0.717, 1.165) is 6.54 Å². The molecule has 2 rings (SSSR count). The molecule has 0 aliphatic carbocycles. The van der Waals surface area contributed by atoms with E-state index in [-0.39, 0.29) is 0 Å². The minimum Gasteiger partial charge on any atom is -0.408 e. The largest absolute Gasteiger partial charge is 0.408 e. The number of nitrogens with zero attached hydrogens (tertiary/aromatic N) is 3. The summed E-state index contributed by atoms with van der Waals surface area (Å²) in [5, 5.41) is 8.11. The molecule has 1 aromatic rings. The van der Waals surface area contributed by atoms with Crippen LogP contribution in [-0.2, 0) is 6.42 Å². The fraction of sp³-hybridized carbons (Fsp3) is 0.818. The Labute approximate surface area is 96.0 Å². The van der Waals surface area contributed by atoms with Crippen LogP contribution < -0.4 is 10.6 Å². The first-order valence-corrected chi connectivity index (χ1v) is 6.01. The molecule has 2 N–H and O–H groups in total. The number of rotatable bonds is 4. The van der Waals surface area contributed by atoms with Gasteiger partial charge < -0.3 is 15.1 Å². The molecule has 5 nitrogen and oxygen atoms in total. The van der Waals surface area contributed by atoms with Gasteiger partial charge in [0.05, 0.1) is 0 Å². The van der Waals surface area contributed by atoms with Crippen LogP contribution in [0.3, 0.4) is 0 Å². The fourth-order valence-electron chi connectivity index (χ4n) is 2.31. The third-order valence-corrected chi connectivity index (χ3v) is 3.13. The molecule has 0 aromatic carbocycles. The van der Waals surface area contributed by atoms with Crippen molar-refractivity contribution in [3.8, 4) is 0 Å². The molecule has 1 aromatic heterocycles. The molecule has 0 amide bonds. The van der Waals surface area contributed by atoms with Crippen molar-refractivity contribution in [2.45, 2.75) is 39.2 Å². The van der Waals surface area contributed by atoms with Gasteiger partial charge >= 0.3 is 6.01 Å². The quantitative estimate of drug-likeness (QED) is 0.832. The molecule has 16 heavy (non-hydrogen) atoms. The van der Waals surface area contributed by atoms with E-state index in [9.17, 15) is 0 Å². The zero-order valence-corrected chi connectivity index (χ0v) is 10.0. The van der Waals surface area contributed by atoms with Crippen LogP contribution in [0.25, 0.3) is 0 Å². The van der Waals surface area contributed by atoms with Gasteiger partial charge in [-0.05, 0) is 18.8 Å². The SMILES string of the molecule is CC(C)C1CCCN1c1nnc(CCN)o1. The summed E-state index contributed by atoms with van der Waals surface area (Å²) >= 11 is 0. The first kappa shape index (κ1) is 11.4. The van der Waals surface area contributed by atoms with E-state index in [1.807, 2.05) is 0 Å². The van der Waals surface area contributed by atoms with Gasteiger partial charge in [-0.1, -0.05) is 18.9 Å². The Balaban J connectivity index is 2.10. The van der Waals surface area contributed by atoms with Crippen LogP contribution in [-0.4, -0.2) is 29.3 Å². The number of hydrogen-bond donors (Lipinski definition) is 1. The summed E-state index contributed by atoms with van der Waals surface area (Å²) in [5.41, 5.74) is 5.46. The summed E-state index contributed by atoms with van der Waals surface area (Å²) in [4.78, 5) is 2.23. The van der Waals surface area contributed by atoms with Gasteiger partial charge in [-0.25, -0.2) is 0 Å². The molecule has 0 saturated carbocycles. The predicted octanol–water partition coefficient (Wildman–Crippen LogP) is 1.20. The standard InChI is InChI=1S/C11H20N4O/c1-8(2)9-4-3-7-15(9)11-14-13-10(16-11)5-6-12/h8-9H,3-7,12H2,1-2H3. The molecular weight excluding hydrogens is 204 g/mol. The van der Waals surface area contributed by atoms with Gasteiger partial charge in [0.15, 0.2) is 0 Å². The Bertz CT molecular complexity index is 336. The van der Waals surface area contributed by atoms with Crippen molar-refractivity contribution in [2.24, 2.45) is 11.7 Å². The highest BCUT2D eigenvalue weighted by molar-refractivity contribution is 5.29. The second-order valence-corrected chi connectivity index (χ2v) is 4.66. The molecule has 1 fully saturated rings. The molecule has 0 bridgehead atoms. The Hall–Kier alpha value is -1.10. The molecule has 1 aliphatic rings. The molecule has 90 valence electrons. The average molecular weight is 224 g/mol. The van der Waals surface area contributed by atoms with Crippen molar-refractivity contribution >= 4 is 6.01 Å². The van der Waals surface area contributed by atoms with E-state index >= 15 is 0 Å². The Kier molecular flexibility index (Phi) is 3.43. The van der Waals surface area contributed by atoms with E-state index < -0.39 is 0 Å². The molecule has 5 heteroatoms. The highest BCUT2D eigenvalue weighted by Crippen LogP contribution is 2.28. The Morgan fingerprint density at radius 3 is 3.00 bits per heavy atom. The third-order valence-electron chi connectivity index (χ3n) is 3.13. The van der Waals surface area contributed by atoms with E-state index in [1.165, 1.54) is 12.8 Å². The van der Waals surface area contributed by atoms with Crippen molar-refractivity contribution in [1.29, 1.82) is 0 Å². The zero-order chi connectivity index (χ0) is 11.5. The second-order valence-electron chi connectivity index (χ2n) is 4.66. The zero-order valence-electron chi connectivity index (χ0n) is 10.0. The van der Waals surface area contributed by atoms with Gasteiger partial charge in [0.1, 0.15) is 0 Å². The number of hydrogen-bond acceptors (Lipinski definition) is 5. The summed E-state index contributed by atoms with van der Waals surface area (Å²) in [5.74, 6) is 1.26. The van der Waals surface area contributed by atoms with Crippen molar-refractivity contribution < 1.29 is 4.42 Å². The summed E-state index contributed by atoms with van der Waals surface area (Å²) in [6.45, 7) is 6.04. The monoisotopic (exact) mass is 224 g/mol. The van der Waals surface area contributed by atoms with E-state index in [4.69, 9.17) is 10.2 Å². The lowest BCUT2D eigenvalue weighted by atomic mass is 10.0. The molecular formula is C11H20N4O. The van der Waals surface area contributed by atoms with Crippen LogP contribution in [0.2, 0.25) is 0 Å². The summed E-state index contributed by atoms with van der Waals surface area (Å²) < 4.78 is 5.61. The summed E-state index contributed by atoms with van der Waals surface area (Å²) in [7, 11) is 0. The number of anilines is 1. The topological polar surface area (TPSA) is 68.2 Å². The van der Waals surface area contributed by atoms with Gasteiger partial charge in [0.2, 0.25) is 5.89 Å². The normalized spacial score (nSPS) is 21.0. The highest BCUT2D eigenvalue weighted by atomic mass is 16.4. The van der Waals surface area contributed by atoms with Crippen molar-refractivity contribution in [1.82, 2.24) is 10.2 Å². The maximum Gasteiger partial charge on any atom is 0.318 e. The van der Waals surface area contributed by atoms with Gasteiger partial charge in [0, 0.05) is 25.6 Å². The summed E-state index contributed by atoms with van der Waals surface area (Å²) in [6, 6.07) is 1.20. The molecule has 0 radical (unpaired) electrons. The first-order chi connectivity index (χ1) is 7.72. The lowest BCUT2D eigenvalue weighted by Gasteiger charge is -2.25. The maximum absolute atomic E-state index is 5.61. The van der Waals surface area contributed by atoms with Crippen LogP contribution in [0, 0.1) is 5.92 Å². The molecule has 1 atom stereocenters. The lowest BCUT2D eigenvalue weighted by Crippen LogP contribution is -2.33. The van der Waals surface area contributed by atoms with Crippen molar-refractivity contribution in [3.05, 3.63) is 5.89 Å². The van der Waals surface area contributed by atoms with Crippen LogP contribution in [0.1, 0.15) is 32.6 Å². The highest BCUT2D eigenvalue weighted by Gasteiger charge is 2.30. The molecule has 0 spiro atoms. The minimum atomic E-state index is 0.533. The van der Waals surface area contributed by atoms with Crippen molar-refractivity contribution in [3.63, 3.8) is 0 Å². The Morgan fingerprint density at radius 2 is 2.31 bits per heavy atom. The average Bonchev–Trinajstić information content (AvgIpc) is 2.83. The van der Waals surface area contributed by atoms with Crippen LogP contribution in [0.5, 0.6) is 0 Å². The van der Waals surface area contributed by atoms with E-state index in [0.29, 0.717) is 36.8 Å². The van der Waals surface area contributed by atoms with Crippen molar-refractivity contribution in [2.75, 3.05) is 18.0 Å². The smallest absolute Gasteiger partial charge is 0.318 e. The molecule has 1 saturated heterocycles. The fourth-order valence-corrected chi connectivity index (χ4v) is 2.31. The van der Waals surface area contributed by atoms with Gasteiger partial charge in [-0.2, -0.15) is 0 Å². The summed E-state index contributed by atoms with van der Waals surface area (Å²) in [6.07, 6.45) is 3.08. The molecule has 1 aliphatic heterocycles. The number of nitrogens with two attached hydrogens (primary N) is 1. The van der Waals surface area contributed by atoms with Gasteiger partial charge in [-0.3, -0.25) is 0 Å². The Morgan fingerprint density at radius 1 is 1.50 bits per heavy atom. The van der Waals surface area contributed by atoms with E-state index in [2.05, 4.69) is 28.9 Å².